The summed E-state index contributed by atoms with van der Waals surface area (Å²) in [7, 11) is 0. The maximum Gasteiger partial charge on any atom is 0.326 e. The Morgan fingerprint density at radius 2 is 1.71 bits per heavy atom. The van der Waals surface area contributed by atoms with Gasteiger partial charge in [-0.15, -0.1) is 0 Å². The summed E-state index contributed by atoms with van der Waals surface area (Å²) in [5, 5.41) is 0. The largest absolute Gasteiger partial charge is 0.490 e. The van der Waals surface area contributed by atoms with Gasteiger partial charge in [0, 0.05) is 11.3 Å². The summed E-state index contributed by atoms with van der Waals surface area (Å²) in [6.07, 6.45) is 2.27. The maximum absolute atomic E-state index is 12.7. The van der Waals surface area contributed by atoms with E-state index < -0.39 is 24.3 Å². The van der Waals surface area contributed by atoms with Crippen LogP contribution in [0.5, 0.6) is 5.75 Å². The van der Waals surface area contributed by atoms with Crippen LogP contribution in [0.4, 0.5) is 0 Å². The summed E-state index contributed by atoms with van der Waals surface area (Å²) in [5.74, 6) is 0.520. The molecule has 0 radical (unpaired) electrons. The van der Waals surface area contributed by atoms with Crippen molar-refractivity contribution in [1.82, 2.24) is 4.90 Å². The zero-order valence-electron chi connectivity index (χ0n) is 20.0. The lowest BCUT2D eigenvalue weighted by atomic mass is 10.1. The number of ether oxygens (including phenoxy) is 2. The van der Waals surface area contributed by atoms with Crippen LogP contribution in [0, 0.1) is 0 Å². The van der Waals surface area contributed by atoms with Crippen LogP contribution in [-0.2, 0) is 15.3 Å². The first-order valence-electron chi connectivity index (χ1n) is 11.5. The van der Waals surface area contributed by atoms with Gasteiger partial charge in [-0.25, -0.2) is 0 Å². The fraction of sp³-hybridized carbons (Fsp3) is 0.333. The summed E-state index contributed by atoms with van der Waals surface area (Å²) in [5.41, 5.74) is 2.57. The number of unbranched alkanes of at least 4 members (excludes halogenated alkanes) is 1. The molecule has 184 valence electrons. The predicted octanol–water partition coefficient (Wildman–Crippen LogP) is 4.70. The van der Waals surface area contributed by atoms with Gasteiger partial charge in [0.2, 0.25) is 0 Å². The highest BCUT2D eigenvalue weighted by Crippen LogP contribution is 2.26. The van der Waals surface area contributed by atoms with Crippen molar-refractivity contribution in [2.24, 2.45) is 0 Å². The number of ketones is 1. The molecule has 0 spiro atoms. The molecule has 0 N–H and O–H groups in total. The van der Waals surface area contributed by atoms with Gasteiger partial charge in [-0.1, -0.05) is 26.0 Å². The molecule has 1 aliphatic rings. The molecule has 2 amide bonds. The second-order valence-corrected chi connectivity index (χ2v) is 9.29. The van der Waals surface area contributed by atoms with E-state index in [0.717, 1.165) is 34.8 Å². The lowest BCUT2D eigenvalue weighted by Crippen LogP contribution is -2.36. The van der Waals surface area contributed by atoms with Crippen LogP contribution in [0.3, 0.4) is 0 Å². The minimum atomic E-state index is -0.694. The highest BCUT2D eigenvalue weighted by atomic mass is 32.2. The highest BCUT2D eigenvalue weighted by Gasteiger charge is 2.37. The lowest BCUT2D eigenvalue weighted by Gasteiger charge is -2.13. The minimum Gasteiger partial charge on any atom is -0.490 e. The number of carbonyl (C=O) groups is 4. The summed E-state index contributed by atoms with van der Waals surface area (Å²) in [6.45, 7) is 7.00. The van der Waals surface area contributed by atoms with Crippen molar-refractivity contribution in [3.8, 4) is 5.75 Å². The Hall–Kier alpha value is -3.39. The van der Waals surface area contributed by atoms with Crippen molar-refractivity contribution in [2.75, 3.05) is 25.5 Å². The highest BCUT2D eigenvalue weighted by molar-refractivity contribution is 7.98. The third kappa shape index (κ3) is 6.82. The quantitative estimate of drug-likeness (QED) is 0.131. The van der Waals surface area contributed by atoms with E-state index in [4.69, 9.17) is 9.47 Å². The van der Waals surface area contributed by atoms with Crippen LogP contribution in [0.25, 0.3) is 0 Å². The Labute approximate surface area is 209 Å². The smallest absolute Gasteiger partial charge is 0.326 e. The monoisotopic (exact) mass is 495 g/mol. The second kappa shape index (κ2) is 12.4. The molecule has 2 aromatic rings. The molecule has 8 heteroatoms. The number of carbonyl (C=O) groups excluding carboxylic acids is 4. The maximum atomic E-state index is 12.7. The Bertz CT molecular complexity index is 1120. The Balaban J connectivity index is 1.45. The van der Waals surface area contributed by atoms with Crippen molar-refractivity contribution in [2.45, 2.75) is 32.4 Å². The molecule has 0 unspecified atom stereocenters. The van der Waals surface area contributed by atoms with Crippen molar-refractivity contribution >= 4 is 35.3 Å². The molecule has 0 bridgehead atoms. The number of Topliss-reactive ketones (excluding diaryl/α,β-unsaturated/α-hetero) is 1. The molecular formula is C27H29NO6S. The van der Waals surface area contributed by atoms with Crippen LogP contribution in [0.2, 0.25) is 0 Å². The van der Waals surface area contributed by atoms with Crippen molar-refractivity contribution in [3.05, 3.63) is 76.9 Å². The number of rotatable bonds is 13. The zero-order valence-corrected chi connectivity index (χ0v) is 20.8. The Morgan fingerprint density at radius 1 is 1.00 bits per heavy atom. The molecule has 0 aromatic heterocycles. The van der Waals surface area contributed by atoms with Gasteiger partial charge in [-0.05, 0) is 66.6 Å². The first kappa shape index (κ1) is 26.2. The summed E-state index contributed by atoms with van der Waals surface area (Å²) >= 11 is 1.79. The van der Waals surface area contributed by atoms with E-state index in [1.54, 1.807) is 55.1 Å². The number of allylic oxidation sites excluding steroid dienone is 1. The van der Waals surface area contributed by atoms with E-state index in [1.165, 1.54) is 0 Å². The van der Waals surface area contributed by atoms with Gasteiger partial charge in [0.15, 0.2) is 5.78 Å². The number of nitrogens with zero attached hydrogens (tertiary/aromatic N) is 1. The fourth-order valence-electron chi connectivity index (χ4n) is 3.45. The lowest BCUT2D eigenvalue weighted by molar-refractivity contribution is -0.144. The van der Waals surface area contributed by atoms with Crippen molar-refractivity contribution < 1.29 is 28.7 Å². The summed E-state index contributed by atoms with van der Waals surface area (Å²) in [4.78, 5) is 50.4. The molecule has 0 atom stereocenters. The third-order valence-electron chi connectivity index (χ3n) is 5.35. The number of benzene rings is 2. The molecule has 2 aromatic carbocycles. The van der Waals surface area contributed by atoms with Gasteiger partial charge < -0.3 is 9.47 Å². The van der Waals surface area contributed by atoms with E-state index in [9.17, 15) is 19.2 Å². The molecule has 1 aliphatic heterocycles. The number of amides is 2. The standard InChI is InChI=1S/C27H29NO6S/c1-4-5-14-35-17-19-6-11-22-23(15-19)27(32)28(26(22)31)16-24(29)34-13-12-33-21-9-7-20(8-10-21)25(30)18(2)3/h6-11,15H,2,4-5,12-14,16-17H2,1,3H3. The number of fused-ring (bicyclic) bond motifs is 1. The van der Waals surface area contributed by atoms with E-state index in [0.29, 0.717) is 28.0 Å². The van der Waals surface area contributed by atoms with Crippen LogP contribution in [0.15, 0.2) is 54.6 Å². The van der Waals surface area contributed by atoms with Gasteiger partial charge in [-0.3, -0.25) is 24.1 Å². The van der Waals surface area contributed by atoms with Gasteiger partial charge in [0.1, 0.15) is 25.5 Å². The van der Waals surface area contributed by atoms with E-state index >= 15 is 0 Å². The molecule has 3 rings (SSSR count). The van der Waals surface area contributed by atoms with Crippen molar-refractivity contribution in [3.63, 3.8) is 0 Å². The summed E-state index contributed by atoms with van der Waals surface area (Å²) < 4.78 is 10.7. The van der Waals surface area contributed by atoms with Gasteiger partial charge in [0.25, 0.3) is 11.8 Å². The first-order chi connectivity index (χ1) is 16.8. The molecule has 1 heterocycles. The van der Waals surface area contributed by atoms with Crippen LogP contribution < -0.4 is 4.74 Å². The van der Waals surface area contributed by atoms with E-state index in [-0.39, 0.29) is 19.0 Å². The molecule has 0 fully saturated rings. The SMILES string of the molecule is C=C(C)C(=O)c1ccc(OCCOC(=O)CN2C(=O)c3ccc(CSCCCC)cc3C2=O)cc1. The zero-order chi connectivity index (χ0) is 25.4. The molecule has 0 aliphatic carbocycles. The number of hydrogen-bond acceptors (Lipinski definition) is 7. The van der Waals surface area contributed by atoms with Crippen molar-refractivity contribution in [1.29, 1.82) is 0 Å². The number of esters is 1. The topological polar surface area (TPSA) is 90.0 Å². The molecular weight excluding hydrogens is 466 g/mol. The van der Waals surface area contributed by atoms with Crippen LogP contribution >= 0.6 is 11.8 Å². The first-order valence-corrected chi connectivity index (χ1v) is 12.6. The molecule has 0 saturated heterocycles. The summed E-state index contributed by atoms with van der Waals surface area (Å²) in [6, 6.07) is 11.8. The fourth-order valence-corrected chi connectivity index (χ4v) is 4.50. The average molecular weight is 496 g/mol. The average Bonchev–Trinajstić information content (AvgIpc) is 3.08. The van der Waals surface area contributed by atoms with Crippen LogP contribution in [-0.4, -0.2) is 54.0 Å². The predicted molar refractivity (Wildman–Crippen MR) is 135 cm³/mol. The molecule has 7 nitrogen and oxygen atoms in total. The third-order valence-corrected chi connectivity index (χ3v) is 6.47. The normalized spacial score (nSPS) is 12.5. The van der Waals surface area contributed by atoms with Gasteiger partial charge >= 0.3 is 5.97 Å². The molecule has 0 saturated carbocycles. The number of hydrogen-bond donors (Lipinski definition) is 0. The number of imide groups is 1. The number of thioether (sulfide) groups is 1. The Kier molecular flexibility index (Phi) is 9.25. The van der Waals surface area contributed by atoms with Crippen LogP contribution in [0.1, 0.15) is 63.3 Å². The Morgan fingerprint density at radius 3 is 2.40 bits per heavy atom. The van der Waals surface area contributed by atoms with E-state index in [1.807, 2.05) is 6.07 Å². The van der Waals surface area contributed by atoms with Gasteiger partial charge in [-0.2, -0.15) is 11.8 Å². The molecule has 35 heavy (non-hydrogen) atoms. The second-order valence-electron chi connectivity index (χ2n) is 8.19. The van der Waals surface area contributed by atoms with E-state index in [2.05, 4.69) is 13.5 Å². The van der Waals surface area contributed by atoms with Gasteiger partial charge in [0.05, 0.1) is 11.1 Å². The minimum absolute atomic E-state index is 0.0480.